The van der Waals surface area contributed by atoms with Crippen LogP contribution in [0.2, 0.25) is 0 Å². The van der Waals surface area contributed by atoms with Gasteiger partial charge < -0.3 is 19.3 Å². The summed E-state index contributed by atoms with van der Waals surface area (Å²) in [5, 5.41) is 18.8. The van der Waals surface area contributed by atoms with Crippen LogP contribution in [-0.2, 0) is 23.0 Å². The Morgan fingerprint density at radius 3 is 2.92 bits per heavy atom. The number of carbonyl (C=O) groups is 1. The van der Waals surface area contributed by atoms with Crippen molar-refractivity contribution in [2.75, 3.05) is 26.3 Å². The fourth-order valence-electron chi connectivity index (χ4n) is 3.81. The lowest BCUT2D eigenvalue weighted by Gasteiger charge is -2.39. The van der Waals surface area contributed by atoms with E-state index in [4.69, 9.17) is 4.74 Å². The predicted octanol–water partition coefficient (Wildman–Crippen LogP) is 0.918. The smallest absolute Gasteiger partial charge is 0.248 e. The van der Waals surface area contributed by atoms with Gasteiger partial charge in [-0.15, -0.1) is 10.2 Å². The minimum atomic E-state index is -0.930. The lowest BCUT2D eigenvalue weighted by Crippen LogP contribution is -2.52. The van der Waals surface area contributed by atoms with Gasteiger partial charge in [-0.3, -0.25) is 4.79 Å². The van der Waals surface area contributed by atoms with Gasteiger partial charge in [-0.2, -0.15) is 0 Å². The van der Waals surface area contributed by atoms with Crippen LogP contribution in [0.1, 0.15) is 44.3 Å². The maximum absolute atomic E-state index is 12.4. The largest absolute Gasteiger partial charge is 0.388 e. The average molecular weight is 336 g/mol. The predicted molar refractivity (Wildman–Crippen MR) is 88.2 cm³/mol. The number of ether oxygens (including phenoxy) is 1. The van der Waals surface area contributed by atoms with Gasteiger partial charge in [0.1, 0.15) is 18.8 Å². The summed E-state index contributed by atoms with van der Waals surface area (Å²) in [4.78, 5) is 14.1. The Balaban J connectivity index is 1.48. The minimum absolute atomic E-state index is 0.0240. The van der Waals surface area contributed by atoms with Crippen LogP contribution in [0.15, 0.2) is 6.33 Å². The van der Waals surface area contributed by atoms with Crippen LogP contribution in [0.25, 0.3) is 0 Å². The van der Waals surface area contributed by atoms with Gasteiger partial charge in [-0.05, 0) is 31.6 Å². The molecule has 1 aliphatic carbocycles. The van der Waals surface area contributed by atoms with Gasteiger partial charge in [0.25, 0.3) is 0 Å². The highest BCUT2D eigenvalue weighted by Crippen LogP contribution is 2.26. The Morgan fingerprint density at radius 1 is 1.42 bits per heavy atom. The van der Waals surface area contributed by atoms with Crippen molar-refractivity contribution in [3.8, 4) is 0 Å². The Bertz CT molecular complexity index is 556. The molecule has 1 amide bonds. The second-order valence-electron chi connectivity index (χ2n) is 7.34. The minimum Gasteiger partial charge on any atom is -0.388 e. The van der Waals surface area contributed by atoms with E-state index in [0.29, 0.717) is 38.5 Å². The number of nitrogens with zero attached hydrogens (tertiary/aromatic N) is 4. The van der Waals surface area contributed by atoms with Gasteiger partial charge in [0, 0.05) is 26.6 Å². The molecule has 134 valence electrons. The summed E-state index contributed by atoms with van der Waals surface area (Å²) in [5.74, 6) is 1.33. The standard InChI is InChI=1S/C17H28N4O3/c1-20-13-18-19-15(20)9-17(23)7-4-8-21(12-17)16(22)11-24-10-14-5-2-3-6-14/h13-14,23H,2-12H2,1H3. The Kier molecular flexibility index (Phi) is 5.50. The molecule has 1 aliphatic heterocycles. The highest BCUT2D eigenvalue weighted by Gasteiger charge is 2.36. The number of amides is 1. The van der Waals surface area contributed by atoms with E-state index >= 15 is 0 Å². The Hall–Kier alpha value is -1.47. The fraction of sp³-hybridized carbons (Fsp3) is 0.824. The average Bonchev–Trinajstić information content (AvgIpc) is 3.20. The summed E-state index contributed by atoms with van der Waals surface area (Å²) < 4.78 is 7.44. The van der Waals surface area contributed by atoms with Gasteiger partial charge >= 0.3 is 0 Å². The quantitative estimate of drug-likeness (QED) is 0.835. The van der Waals surface area contributed by atoms with Crippen molar-refractivity contribution in [2.45, 2.75) is 50.5 Å². The molecule has 1 N–H and O–H groups in total. The first kappa shape index (κ1) is 17.4. The van der Waals surface area contributed by atoms with Gasteiger partial charge in [-0.25, -0.2) is 0 Å². The lowest BCUT2D eigenvalue weighted by molar-refractivity contribution is -0.143. The topological polar surface area (TPSA) is 80.5 Å². The van der Waals surface area contributed by atoms with Crippen molar-refractivity contribution in [3.63, 3.8) is 0 Å². The molecule has 24 heavy (non-hydrogen) atoms. The number of aromatic nitrogens is 3. The van der Waals surface area contributed by atoms with Crippen molar-refractivity contribution in [1.29, 1.82) is 0 Å². The van der Waals surface area contributed by atoms with Crippen LogP contribution in [0.3, 0.4) is 0 Å². The van der Waals surface area contributed by atoms with E-state index in [9.17, 15) is 9.90 Å². The summed E-state index contributed by atoms with van der Waals surface area (Å²) in [7, 11) is 1.86. The Labute approximate surface area is 143 Å². The van der Waals surface area contributed by atoms with Crippen molar-refractivity contribution >= 4 is 5.91 Å². The first-order valence-corrected chi connectivity index (χ1v) is 8.96. The second kappa shape index (κ2) is 7.61. The molecule has 2 heterocycles. The van der Waals surface area contributed by atoms with E-state index in [1.165, 1.54) is 25.7 Å². The molecule has 1 aromatic rings. The molecule has 3 rings (SSSR count). The summed E-state index contributed by atoms with van der Waals surface area (Å²) >= 11 is 0. The third kappa shape index (κ3) is 4.33. The van der Waals surface area contributed by atoms with Gasteiger partial charge in [0.05, 0.1) is 12.2 Å². The van der Waals surface area contributed by atoms with E-state index in [-0.39, 0.29) is 12.5 Å². The molecule has 7 heteroatoms. The molecule has 0 bridgehead atoms. The fourth-order valence-corrected chi connectivity index (χ4v) is 3.81. The molecule has 1 atom stereocenters. The summed E-state index contributed by atoms with van der Waals surface area (Å²) in [5.41, 5.74) is -0.930. The maximum atomic E-state index is 12.4. The van der Waals surface area contributed by atoms with E-state index in [1.807, 2.05) is 11.6 Å². The third-order valence-electron chi connectivity index (χ3n) is 5.25. The monoisotopic (exact) mass is 336 g/mol. The summed E-state index contributed by atoms with van der Waals surface area (Å²) in [6.45, 7) is 1.83. The van der Waals surface area contributed by atoms with Crippen molar-refractivity contribution < 1.29 is 14.6 Å². The maximum Gasteiger partial charge on any atom is 0.248 e. The Morgan fingerprint density at radius 2 is 2.21 bits per heavy atom. The number of aryl methyl sites for hydroxylation is 1. The lowest BCUT2D eigenvalue weighted by atomic mass is 9.89. The first-order valence-electron chi connectivity index (χ1n) is 8.96. The zero-order valence-electron chi connectivity index (χ0n) is 14.5. The van der Waals surface area contributed by atoms with Crippen molar-refractivity contribution in [2.24, 2.45) is 13.0 Å². The number of hydrogen-bond acceptors (Lipinski definition) is 5. The van der Waals surface area contributed by atoms with Gasteiger partial charge in [-0.1, -0.05) is 12.8 Å². The van der Waals surface area contributed by atoms with E-state index in [0.717, 1.165) is 12.2 Å². The van der Waals surface area contributed by atoms with Crippen LogP contribution < -0.4 is 0 Å². The van der Waals surface area contributed by atoms with E-state index in [1.54, 1.807) is 11.2 Å². The van der Waals surface area contributed by atoms with Gasteiger partial charge in [0.2, 0.25) is 5.91 Å². The molecule has 0 radical (unpaired) electrons. The molecule has 2 fully saturated rings. The number of aliphatic hydroxyl groups is 1. The summed E-state index contributed by atoms with van der Waals surface area (Å²) in [6.07, 6.45) is 8.50. The van der Waals surface area contributed by atoms with Crippen LogP contribution in [0, 0.1) is 5.92 Å². The van der Waals surface area contributed by atoms with E-state index in [2.05, 4.69) is 10.2 Å². The third-order valence-corrected chi connectivity index (χ3v) is 5.25. The van der Waals surface area contributed by atoms with Crippen LogP contribution in [0.5, 0.6) is 0 Å². The van der Waals surface area contributed by atoms with Gasteiger partial charge in [0.15, 0.2) is 0 Å². The number of rotatable bonds is 6. The second-order valence-corrected chi connectivity index (χ2v) is 7.34. The molecule has 1 aromatic heterocycles. The SMILES string of the molecule is Cn1cnnc1CC1(O)CCCN(C(=O)COCC2CCCC2)C1. The molecule has 2 aliphatic rings. The number of hydrogen-bond donors (Lipinski definition) is 1. The molecule has 1 saturated carbocycles. The normalized spacial score (nSPS) is 25.3. The molecule has 0 aromatic carbocycles. The molecule has 0 spiro atoms. The van der Waals surface area contributed by atoms with Crippen LogP contribution in [0.4, 0.5) is 0 Å². The first-order chi connectivity index (χ1) is 11.6. The zero-order chi connectivity index (χ0) is 17.0. The summed E-state index contributed by atoms with van der Waals surface area (Å²) in [6, 6.07) is 0. The van der Waals surface area contributed by atoms with Crippen LogP contribution in [-0.4, -0.2) is 62.6 Å². The molecule has 1 unspecified atom stereocenters. The number of likely N-dealkylation sites (tertiary alicyclic amines) is 1. The molecular weight excluding hydrogens is 308 g/mol. The number of carbonyl (C=O) groups excluding carboxylic acids is 1. The molecular formula is C17H28N4O3. The van der Waals surface area contributed by atoms with Crippen LogP contribution >= 0.6 is 0 Å². The highest BCUT2D eigenvalue weighted by molar-refractivity contribution is 5.77. The number of piperidine rings is 1. The van der Waals surface area contributed by atoms with Crippen molar-refractivity contribution in [1.82, 2.24) is 19.7 Å². The highest BCUT2D eigenvalue weighted by atomic mass is 16.5. The zero-order valence-corrected chi connectivity index (χ0v) is 14.5. The van der Waals surface area contributed by atoms with E-state index < -0.39 is 5.60 Å². The van der Waals surface area contributed by atoms with Crippen molar-refractivity contribution in [3.05, 3.63) is 12.2 Å². The number of β-amino-alcohol motifs (C(OH)–C–C–N with tert-alkyl or cyclic N) is 1. The molecule has 1 saturated heterocycles. The molecule has 7 nitrogen and oxygen atoms in total.